The number of nitrogens with zero attached hydrogens (tertiary/aromatic N) is 1. The lowest BCUT2D eigenvalue weighted by molar-refractivity contribution is -0.0138. The molecule has 2 N–H and O–H groups in total. The maximum atomic E-state index is 9.55. The van der Waals surface area contributed by atoms with E-state index >= 15 is 0 Å². The minimum atomic E-state index is -0.0348. The Morgan fingerprint density at radius 1 is 0.905 bits per heavy atom. The van der Waals surface area contributed by atoms with Crippen LogP contribution in [0.25, 0.3) is 0 Å². The maximum Gasteiger partial charge on any atom is 0.0564 e. The molecule has 1 saturated heterocycles. The van der Waals surface area contributed by atoms with Crippen LogP contribution in [0.1, 0.15) is 51.4 Å². The van der Waals surface area contributed by atoms with E-state index < -0.39 is 0 Å². The number of likely N-dealkylation sites (tertiary alicyclic amines) is 1. The van der Waals surface area contributed by atoms with E-state index in [2.05, 4.69) is 10.2 Å². The Bertz CT molecular complexity index is 323. The van der Waals surface area contributed by atoms with Gasteiger partial charge in [-0.1, -0.05) is 0 Å². The second-order valence-corrected chi connectivity index (χ2v) is 8.34. The lowest BCUT2D eigenvalue weighted by Gasteiger charge is -2.54. The average Bonchev–Trinajstić information content (AvgIpc) is 2.47. The molecule has 0 unspecified atom stereocenters. The molecule has 1 aliphatic heterocycles. The average molecular weight is 292 g/mol. The van der Waals surface area contributed by atoms with Crippen LogP contribution < -0.4 is 5.32 Å². The van der Waals surface area contributed by atoms with Crippen molar-refractivity contribution in [2.24, 2.45) is 23.7 Å². The van der Waals surface area contributed by atoms with Crippen LogP contribution in [-0.4, -0.2) is 48.3 Å². The first-order valence-corrected chi connectivity index (χ1v) is 9.41. The minimum absolute atomic E-state index is 0.0348. The Kier molecular flexibility index (Phi) is 4.25. The molecule has 0 aromatic heterocycles. The van der Waals surface area contributed by atoms with Crippen molar-refractivity contribution in [3.63, 3.8) is 0 Å². The first kappa shape index (κ1) is 14.5. The van der Waals surface area contributed by atoms with Crippen molar-refractivity contribution in [1.82, 2.24) is 10.2 Å². The Balaban J connectivity index is 1.18. The van der Waals surface area contributed by atoms with E-state index in [0.717, 1.165) is 55.6 Å². The number of aliphatic hydroxyl groups is 1. The molecule has 5 aliphatic rings. The summed E-state index contributed by atoms with van der Waals surface area (Å²) in [4.78, 5) is 2.53. The predicted molar refractivity (Wildman–Crippen MR) is 85.1 cm³/mol. The van der Waals surface area contributed by atoms with Crippen LogP contribution in [0.2, 0.25) is 0 Å². The molecule has 0 amide bonds. The predicted octanol–water partition coefficient (Wildman–Crippen LogP) is 2.25. The first-order chi connectivity index (χ1) is 10.3. The monoisotopic (exact) mass is 292 g/mol. The van der Waals surface area contributed by atoms with Crippen molar-refractivity contribution in [3.8, 4) is 0 Å². The standard InChI is InChI=1S/C18H32N2O/c21-17-2-6-20(7-3-17)5-1-4-19-18-15-9-13-8-14(11-15)12-16(18)10-13/h13-19,21H,1-12H2. The lowest BCUT2D eigenvalue weighted by Crippen LogP contribution is -2.54. The molecule has 0 atom stereocenters. The van der Waals surface area contributed by atoms with E-state index in [1.165, 1.54) is 45.2 Å². The fourth-order valence-electron chi connectivity index (χ4n) is 5.97. The number of hydrogen-bond acceptors (Lipinski definition) is 3. The molecule has 4 aliphatic carbocycles. The van der Waals surface area contributed by atoms with Crippen LogP contribution in [0, 0.1) is 23.7 Å². The van der Waals surface area contributed by atoms with Crippen molar-refractivity contribution < 1.29 is 5.11 Å². The molecule has 0 aromatic rings. The van der Waals surface area contributed by atoms with Gasteiger partial charge in [-0.25, -0.2) is 0 Å². The highest BCUT2D eigenvalue weighted by Gasteiger charge is 2.47. The molecule has 5 fully saturated rings. The van der Waals surface area contributed by atoms with E-state index in [4.69, 9.17) is 0 Å². The van der Waals surface area contributed by atoms with Crippen LogP contribution in [0.3, 0.4) is 0 Å². The zero-order valence-corrected chi connectivity index (χ0v) is 13.3. The summed E-state index contributed by atoms with van der Waals surface area (Å²) < 4.78 is 0. The second-order valence-electron chi connectivity index (χ2n) is 8.34. The van der Waals surface area contributed by atoms with Gasteiger partial charge in [0, 0.05) is 19.1 Å². The van der Waals surface area contributed by atoms with Crippen molar-refractivity contribution in [3.05, 3.63) is 0 Å². The van der Waals surface area contributed by atoms with Crippen molar-refractivity contribution in [2.45, 2.75) is 63.5 Å². The van der Waals surface area contributed by atoms with E-state index in [1.807, 2.05) is 0 Å². The summed E-state index contributed by atoms with van der Waals surface area (Å²) in [5.74, 6) is 4.19. The molecule has 4 bridgehead atoms. The van der Waals surface area contributed by atoms with E-state index in [0.29, 0.717) is 0 Å². The topological polar surface area (TPSA) is 35.5 Å². The summed E-state index contributed by atoms with van der Waals surface area (Å²) in [6, 6.07) is 0.848. The van der Waals surface area contributed by atoms with Crippen molar-refractivity contribution in [2.75, 3.05) is 26.2 Å². The van der Waals surface area contributed by atoms with E-state index in [-0.39, 0.29) is 6.10 Å². The highest BCUT2D eigenvalue weighted by molar-refractivity contribution is 5.01. The van der Waals surface area contributed by atoms with Crippen LogP contribution in [0.5, 0.6) is 0 Å². The third kappa shape index (κ3) is 3.16. The molecule has 21 heavy (non-hydrogen) atoms. The molecule has 0 aromatic carbocycles. The number of hydrogen-bond donors (Lipinski definition) is 2. The Hall–Kier alpha value is -0.120. The van der Waals surface area contributed by atoms with Gasteiger partial charge < -0.3 is 15.3 Å². The van der Waals surface area contributed by atoms with Gasteiger partial charge in [-0.05, 0) is 88.1 Å². The fraction of sp³-hybridized carbons (Fsp3) is 1.00. The highest BCUT2D eigenvalue weighted by Crippen LogP contribution is 2.53. The summed E-state index contributed by atoms with van der Waals surface area (Å²) in [7, 11) is 0. The lowest BCUT2D eigenvalue weighted by atomic mass is 9.54. The van der Waals surface area contributed by atoms with Gasteiger partial charge in [0.15, 0.2) is 0 Å². The second kappa shape index (κ2) is 6.17. The van der Waals surface area contributed by atoms with Crippen LogP contribution in [0.4, 0.5) is 0 Å². The summed E-state index contributed by atoms with van der Waals surface area (Å²) in [5.41, 5.74) is 0. The van der Waals surface area contributed by atoms with E-state index in [9.17, 15) is 5.11 Å². The van der Waals surface area contributed by atoms with Crippen LogP contribution >= 0.6 is 0 Å². The Morgan fingerprint density at radius 2 is 1.52 bits per heavy atom. The molecular weight excluding hydrogens is 260 g/mol. The number of aliphatic hydroxyl groups excluding tert-OH is 1. The quantitative estimate of drug-likeness (QED) is 0.763. The molecule has 4 saturated carbocycles. The molecule has 120 valence electrons. The third-order valence-electron chi connectivity index (χ3n) is 6.81. The minimum Gasteiger partial charge on any atom is -0.393 e. The number of nitrogens with one attached hydrogen (secondary N) is 1. The molecule has 1 heterocycles. The van der Waals surface area contributed by atoms with Crippen LogP contribution in [0.15, 0.2) is 0 Å². The Morgan fingerprint density at radius 3 is 2.14 bits per heavy atom. The van der Waals surface area contributed by atoms with Gasteiger partial charge in [-0.3, -0.25) is 0 Å². The Labute approximate surface area is 129 Å². The summed E-state index contributed by atoms with van der Waals surface area (Å²) in [6.45, 7) is 4.61. The van der Waals surface area contributed by atoms with Crippen molar-refractivity contribution >= 4 is 0 Å². The molecule has 3 heteroatoms. The highest BCUT2D eigenvalue weighted by atomic mass is 16.3. The van der Waals surface area contributed by atoms with Gasteiger partial charge in [0.05, 0.1) is 6.10 Å². The van der Waals surface area contributed by atoms with Gasteiger partial charge in [0.1, 0.15) is 0 Å². The van der Waals surface area contributed by atoms with Gasteiger partial charge in [0.25, 0.3) is 0 Å². The smallest absolute Gasteiger partial charge is 0.0564 e. The van der Waals surface area contributed by atoms with Crippen molar-refractivity contribution in [1.29, 1.82) is 0 Å². The van der Waals surface area contributed by atoms with E-state index in [1.54, 1.807) is 6.42 Å². The third-order valence-corrected chi connectivity index (χ3v) is 6.81. The van der Waals surface area contributed by atoms with Gasteiger partial charge in [0.2, 0.25) is 0 Å². The van der Waals surface area contributed by atoms with Gasteiger partial charge >= 0.3 is 0 Å². The van der Waals surface area contributed by atoms with Crippen LogP contribution in [-0.2, 0) is 0 Å². The normalized spacial score (nSPS) is 43.6. The largest absolute Gasteiger partial charge is 0.393 e. The first-order valence-electron chi connectivity index (χ1n) is 9.41. The summed E-state index contributed by atoms with van der Waals surface area (Å²) in [6.07, 6.45) is 10.8. The number of rotatable bonds is 5. The van der Waals surface area contributed by atoms with Gasteiger partial charge in [-0.2, -0.15) is 0 Å². The van der Waals surface area contributed by atoms with Gasteiger partial charge in [-0.15, -0.1) is 0 Å². The molecule has 0 radical (unpaired) electrons. The SMILES string of the molecule is OC1CCN(CCCNC2C3CC4CC(C3)CC2C4)CC1. The fourth-order valence-corrected chi connectivity index (χ4v) is 5.97. The molecule has 0 spiro atoms. The number of piperidine rings is 1. The molecule has 5 rings (SSSR count). The maximum absolute atomic E-state index is 9.55. The molecule has 3 nitrogen and oxygen atoms in total. The summed E-state index contributed by atoms with van der Waals surface area (Å²) >= 11 is 0. The summed E-state index contributed by atoms with van der Waals surface area (Å²) in [5, 5.41) is 13.5. The molecular formula is C18H32N2O. The zero-order valence-electron chi connectivity index (χ0n) is 13.3. The zero-order chi connectivity index (χ0) is 14.2.